The van der Waals surface area contributed by atoms with Gasteiger partial charge in [0.1, 0.15) is 5.75 Å². The van der Waals surface area contributed by atoms with Gasteiger partial charge in [-0.15, -0.1) is 0 Å². The van der Waals surface area contributed by atoms with Gasteiger partial charge in [0, 0.05) is 12.1 Å². The Hall–Kier alpha value is -2.20. The molecule has 110 valence electrons. The van der Waals surface area contributed by atoms with Crippen LogP contribution in [-0.2, 0) is 4.79 Å². The number of anilines is 1. The minimum atomic E-state index is -0.226. The summed E-state index contributed by atoms with van der Waals surface area (Å²) in [6, 6.07) is 14.8. The van der Waals surface area contributed by atoms with E-state index in [0.29, 0.717) is 10.8 Å². The molecule has 0 unspecified atom stereocenters. The van der Waals surface area contributed by atoms with Crippen molar-refractivity contribution in [3.05, 3.63) is 59.1 Å². The molecule has 0 aliphatic heterocycles. The van der Waals surface area contributed by atoms with Gasteiger partial charge in [-0.05, 0) is 42.8 Å². The zero-order valence-corrected chi connectivity index (χ0v) is 12.7. The third kappa shape index (κ3) is 4.39. The Bertz CT molecular complexity index is 617. The molecular formula is C16H17ClN2O2. The molecule has 0 saturated carbocycles. The maximum atomic E-state index is 11.9. The van der Waals surface area contributed by atoms with Crippen molar-refractivity contribution in [2.45, 2.75) is 6.92 Å². The minimum absolute atomic E-state index is 0.0559. The van der Waals surface area contributed by atoms with Crippen LogP contribution in [0, 0.1) is 6.92 Å². The molecule has 0 fully saturated rings. The van der Waals surface area contributed by atoms with Gasteiger partial charge in [0.15, 0.2) is 6.61 Å². The summed E-state index contributed by atoms with van der Waals surface area (Å²) in [7, 11) is 1.78. The van der Waals surface area contributed by atoms with E-state index < -0.39 is 0 Å². The van der Waals surface area contributed by atoms with E-state index in [4.69, 9.17) is 16.3 Å². The van der Waals surface area contributed by atoms with Crippen LogP contribution in [0.25, 0.3) is 0 Å². The molecule has 2 rings (SSSR count). The van der Waals surface area contributed by atoms with Crippen LogP contribution in [-0.4, -0.2) is 19.6 Å². The predicted molar refractivity (Wildman–Crippen MR) is 84.7 cm³/mol. The number of hydrogen-bond acceptors (Lipinski definition) is 3. The highest BCUT2D eigenvalue weighted by Crippen LogP contribution is 2.21. The summed E-state index contributed by atoms with van der Waals surface area (Å²) in [5.41, 5.74) is 4.53. The van der Waals surface area contributed by atoms with Gasteiger partial charge in [-0.25, -0.2) is 0 Å². The number of rotatable bonds is 5. The molecule has 1 N–H and O–H groups in total. The standard InChI is InChI=1S/C16H17ClN2O2/c1-12-10-13(17)8-9-15(12)21-11-16(20)18-19(2)14-6-4-3-5-7-14/h3-10H,11H2,1-2H3,(H,18,20). The van der Waals surface area contributed by atoms with Crippen LogP contribution < -0.4 is 15.2 Å². The van der Waals surface area contributed by atoms with E-state index in [1.54, 1.807) is 30.3 Å². The van der Waals surface area contributed by atoms with Crippen LogP contribution in [0.4, 0.5) is 5.69 Å². The van der Waals surface area contributed by atoms with E-state index in [-0.39, 0.29) is 12.5 Å². The van der Waals surface area contributed by atoms with E-state index in [1.165, 1.54) is 0 Å². The lowest BCUT2D eigenvalue weighted by molar-refractivity contribution is -0.123. The van der Waals surface area contributed by atoms with E-state index >= 15 is 0 Å². The van der Waals surface area contributed by atoms with E-state index in [9.17, 15) is 4.79 Å². The lowest BCUT2D eigenvalue weighted by Crippen LogP contribution is -2.41. The maximum absolute atomic E-state index is 11.9. The van der Waals surface area contributed by atoms with Crippen molar-refractivity contribution in [1.82, 2.24) is 5.43 Å². The molecule has 0 radical (unpaired) electrons. The number of carbonyl (C=O) groups is 1. The average Bonchev–Trinajstić information content (AvgIpc) is 2.47. The van der Waals surface area contributed by atoms with Crippen molar-refractivity contribution in [3.8, 4) is 5.75 Å². The summed E-state index contributed by atoms with van der Waals surface area (Å²) in [5.74, 6) is 0.424. The highest BCUT2D eigenvalue weighted by molar-refractivity contribution is 6.30. The Morgan fingerprint density at radius 2 is 1.95 bits per heavy atom. The monoisotopic (exact) mass is 304 g/mol. The smallest absolute Gasteiger partial charge is 0.276 e. The number of para-hydroxylation sites is 1. The molecule has 0 saturated heterocycles. The van der Waals surface area contributed by atoms with Crippen molar-refractivity contribution < 1.29 is 9.53 Å². The molecule has 0 aliphatic carbocycles. The van der Waals surface area contributed by atoms with E-state index in [2.05, 4.69) is 5.43 Å². The lowest BCUT2D eigenvalue weighted by Gasteiger charge is -2.20. The Balaban J connectivity index is 1.87. The van der Waals surface area contributed by atoms with Crippen LogP contribution >= 0.6 is 11.6 Å². The second kappa shape index (κ2) is 6.99. The molecule has 0 atom stereocenters. The molecule has 0 bridgehead atoms. The van der Waals surface area contributed by atoms with Crippen molar-refractivity contribution in [1.29, 1.82) is 0 Å². The number of nitrogens with zero attached hydrogens (tertiary/aromatic N) is 1. The van der Waals surface area contributed by atoms with Crippen molar-refractivity contribution in [3.63, 3.8) is 0 Å². The van der Waals surface area contributed by atoms with Crippen LogP contribution in [0.1, 0.15) is 5.56 Å². The van der Waals surface area contributed by atoms with Crippen LogP contribution in [0.5, 0.6) is 5.75 Å². The van der Waals surface area contributed by atoms with Crippen molar-refractivity contribution >= 4 is 23.2 Å². The number of aryl methyl sites for hydroxylation is 1. The van der Waals surface area contributed by atoms with Gasteiger partial charge in [-0.1, -0.05) is 29.8 Å². The molecule has 2 aromatic carbocycles. The first-order valence-electron chi connectivity index (χ1n) is 6.53. The molecule has 5 heteroatoms. The lowest BCUT2D eigenvalue weighted by atomic mass is 10.2. The van der Waals surface area contributed by atoms with E-state index in [0.717, 1.165) is 11.3 Å². The summed E-state index contributed by atoms with van der Waals surface area (Å²) < 4.78 is 5.49. The van der Waals surface area contributed by atoms with Gasteiger partial charge >= 0.3 is 0 Å². The highest BCUT2D eigenvalue weighted by Gasteiger charge is 2.08. The third-order valence-corrected chi connectivity index (χ3v) is 3.17. The summed E-state index contributed by atoms with van der Waals surface area (Å²) >= 11 is 5.87. The number of ether oxygens (including phenoxy) is 1. The van der Waals surface area contributed by atoms with Crippen LogP contribution in [0.15, 0.2) is 48.5 Å². The molecule has 0 heterocycles. The Labute approximate surface area is 129 Å². The van der Waals surface area contributed by atoms with Crippen LogP contribution in [0.2, 0.25) is 5.02 Å². The Kier molecular flexibility index (Phi) is 5.06. The Morgan fingerprint density at radius 3 is 2.62 bits per heavy atom. The van der Waals surface area contributed by atoms with E-state index in [1.807, 2.05) is 37.3 Å². The van der Waals surface area contributed by atoms with Gasteiger partial charge in [0.05, 0.1) is 5.69 Å². The number of carbonyl (C=O) groups excluding carboxylic acids is 1. The first-order valence-corrected chi connectivity index (χ1v) is 6.91. The number of nitrogens with one attached hydrogen (secondary N) is 1. The second-order valence-corrected chi connectivity index (χ2v) is 5.06. The SMILES string of the molecule is Cc1cc(Cl)ccc1OCC(=O)NN(C)c1ccccc1. The van der Waals surface area contributed by atoms with Gasteiger partial charge in [0.2, 0.25) is 0 Å². The topological polar surface area (TPSA) is 41.6 Å². The summed E-state index contributed by atoms with van der Waals surface area (Å²) in [6.45, 7) is 1.83. The normalized spacial score (nSPS) is 10.0. The fourth-order valence-electron chi connectivity index (χ4n) is 1.85. The van der Waals surface area contributed by atoms with Crippen molar-refractivity contribution in [2.75, 3.05) is 18.7 Å². The highest BCUT2D eigenvalue weighted by atomic mass is 35.5. The Morgan fingerprint density at radius 1 is 1.24 bits per heavy atom. The van der Waals surface area contributed by atoms with Crippen molar-refractivity contribution in [2.24, 2.45) is 0 Å². The molecule has 21 heavy (non-hydrogen) atoms. The summed E-state index contributed by atoms with van der Waals surface area (Å²) in [4.78, 5) is 11.9. The number of hydrazine groups is 1. The van der Waals surface area contributed by atoms with Gasteiger partial charge in [-0.3, -0.25) is 15.2 Å². The van der Waals surface area contributed by atoms with Gasteiger partial charge < -0.3 is 4.74 Å². The first kappa shape index (κ1) is 15.2. The molecule has 2 aromatic rings. The van der Waals surface area contributed by atoms with Crippen LogP contribution in [0.3, 0.4) is 0 Å². The number of halogens is 1. The van der Waals surface area contributed by atoms with Gasteiger partial charge in [0.25, 0.3) is 5.91 Å². The fourth-order valence-corrected chi connectivity index (χ4v) is 2.08. The molecule has 4 nitrogen and oxygen atoms in total. The molecular weight excluding hydrogens is 288 g/mol. The summed E-state index contributed by atoms with van der Waals surface area (Å²) in [6.07, 6.45) is 0. The largest absolute Gasteiger partial charge is 0.483 e. The quantitative estimate of drug-likeness (QED) is 0.863. The molecule has 1 amide bonds. The first-order chi connectivity index (χ1) is 10.1. The molecule has 0 aromatic heterocycles. The zero-order chi connectivity index (χ0) is 15.2. The summed E-state index contributed by atoms with van der Waals surface area (Å²) in [5, 5.41) is 2.30. The average molecular weight is 305 g/mol. The van der Waals surface area contributed by atoms with Gasteiger partial charge in [-0.2, -0.15) is 0 Å². The number of benzene rings is 2. The predicted octanol–water partition coefficient (Wildman–Crippen LogP) is 3.19. The maximum Gasteiger partial charge on any atom is 0.276 e. The fraction of sp³-hybridized carbons (Fsp3) is 0.188. The third-order valence-electron chi connectivity index (χ3n) is 2.93. The second-order valence-electron chi connectivity index (χ2n) is 4.63. The minimum Gasteiger partial charge on any atom is -0.483 e. The molecule has 0 spiro atoms. The number of amides is 1. The zero-order valence-electron chi connectivity index (χ0n) is 12.0. The molecule has 0 aliphatic rings. The number of hydrogen-bond donors (Lipinski definition) is 1.